The van der Waals surface area contributed by atoms with Crippen LogP contribution in [-0.2, 0) is 12.8 Å². The van der Waals surface area contributed by atoms with E-state index in [-0.39, 0.29) is 0 Å². The van der Waals surface area contributed by atoms with E-state index in [1.165, 1.54) is 114 Å². The zero-order valence-corrected chi connectivity index (χ0v) is 20.0. The van der Waals surface area contributed by atoms with Crippen molar-refractivity contribution in [2.24, 2.45) is 0 Å². The van der Waals surface area contributed by atoms with Crippen molar-refractivity contribution in [3.63, 3.8) is 0 Å². The van der Waals surface area contributed by atoms with Crippen molar-refractivity contribution in [1.29, 1.82) is 0 Å². The molecule has 0 heterocycles. The molecular weight excluding hydrogens is 360 g/mol. The number of hydrogen-bond acceptors (Lipinski definition) is 0. The first-order valence-corrected chi connectivity index (χ1v) is 12.9. The molecule has 0 saturated carbocycles. The number of benzene rings is 1. The summed E-state index contributed by atoms with van der Waals surface area (Å²) in [6, 6.07) is 4.41. The summed E-state index contributed by atoms with van der Waals surface area (Å²) in [5, 5.41) is 0. The van der Waals surface area contributed by atoms with Crippen molar-refractivity contribution in [1.82, 2.24) is 0 Å². The van der Waals surface area contributed by atoms with E-state index in [1.807, 2.05) is 0 Å². The fourth-order valence-electron chi connectivity index (χ4n) is 4.29. The maximum atomic E-state index is 5.72. The van der Waals surface area contributed by atoms with Gasteiger partial charge in [0.1, 0.15) is 0 Å². The number of terminal acetylenes is 2. The molecule has 0 bridgehead atoms. The molecule has 0 aromatic heterocycles. The first-order chi connectivity index (χ1) is 14.8. The van der Waals surface area contributed by atoms with Gasteiger partial charge in [0.15, 0.2) is 0 Å². The van der Waals surface area contributed by atoms with Gasteiger partial charge in [0.05, 0.1) is 0 Å². The molecule has 166 valence electrons. The summed E-state index contributed by atoms with van der Waals surface area (Å²) in [7, 11) is 0. The van der Waals surface area contributed by atoms with Gasteiger partial charge in [0.25, 0.3) is 0 Å². The number of aryl methyl sites for hydroxylation is 2. The van der Waals surface area contributed by atoms with Crippen LogP contribution in [0.15, 0.2) is 12.1 Å². The lowest BCUT2D eigenvalue weighted by Crippen LogP contribution is -1.99. The fraction of sp³-hybridized carbons (Fsp3) is 0.667. The highest BCUT2D eigenvalue weighted by atomic mass is 14.1. The van der Waals surface area contributed by atoms with Crippen LogP contribution in [0.5, 0.6) is 0 Å². The Kier molecular flexibility index (Phi) is 15.9. The highest BCUT2D eigenvalue weighted by Gasteiger charge is 2.08. The normalized spacial score (nSPS) is 10.7. The molecule has 0 unspecified atom stereocenters. The molecule has 0 amide bonds. The zero-order chi connectivity index (χ0) is 21.9. The van der Waals surface area contributed by atoms with E-state index < -0.39 is 0 Å². The Balaban J connectivity index is 2.47. The zero-order valence-electron chi connectivity index (χ0n) is 20.0. The van der Waals surface area contributed by atoms with Crippen LogP contribution in [0.1, 0.15) is 139 Å². The van der Waals surface area contributed by atoms with Gasteiger partial charge in [0, 0.05) is 11.1 Å². The highest BCUT2D eigenvalue weighted by molar-refractivity contribution is 5.53. The van der Waals surface area contributed by atoms with Crippen molar-refractivity contribution in [3.05, 3.63) is 34.4 Å². The topological polar surface area (TPSA) is 0 Å². The summed E-state index contributed by atoms with van der Waals surface area (Å²) >= 11 is 0. The average molecular weight is 407 g/mol. The summed E-state index contributed by atoms with van der Waals surface area (Å²) < 4.78 is 0. The van der Waals surface area contributed by atoms with Gasteiger partial charge in [0.2, 0.25) is 0 Å². The number of unbranched alkanes of at least 4 members (excludes halogenated alkanes) is 14. The second-order valence-corrected chi connectivity index (χ2v) is 8.90. The molecule has 0 aliphatic carbocycles. The van der Waals surface area contributed by atoms with Gasteiger partial charge >= 0.3 is 0 Å². The Bertz CT molecular complexity index is 580. The standard InChI is InChI=1S/C30H46/c1-5-9-11-13-15-17-19-21-23-29-25-27(7-3)28(8-4)26-30(29)24-22-20-18-16-14-12-10-6-2/h3-4,25-26H,5-6,9-24H2,1-2H3. The van der Waals surface area contributed by atoms with E-state index in [0.717, 1.165) is 24.0 Å². The summed E-state index contributed by atoms with van der Waals surface area (Å²) in [5.74, 6) is 5.61. The quantitative estimate of drug-likeness (QED) is 0.168. The smallest absolute Gasteiger partial charge is 0.0402 e. The van der Waals surface area contributed by atoms with Crippen LogP contribution in [0.4, 0.5) is 0 Å². The average Bonchev–Trinajstić information content (AvgIpc) is 2.77. The molecule has 0 atom stereocenters. The van der Waals surface area contributed by atoms with Gasteiger partial charge in [-0.25, -0.2) is 0 Å². The van der Waals surface area contributed by atoms with Crippen molar-refractivity contribution in [2.45, 2.75) is 129 Å². The van der Waals surface area contributed by atoms with Gasteiger partial charge < -0.3 is 0 Å². The van der Waals surface area contributed by atoms with Crippen LogP contribution >= 0.6 is 0 Å². The minimum absolute atomic E-state index is 0.895. The summed E-state index contributed by atoms with van der Waals surface area (Å²) in [6.07, 6.45) is 35.4. The molecule has 0 aliphatic rings. The summed E-state index contributed by atoms with van der Waals surface area (Å²) in [6.45, 7) is 4.56. The van der Waals surface area contributed by atoms with Crippen LogP contribution in [0.3, 0.4) is 0 Å². The molecule has 30 heavy (non-hydrogen) atoms. The Morgan fingerprint density at radius 1 is 0.500 bits per heavy atom. The molecule has 1 aromatic carbocycles. The monoisotopic (exact) mass is 406 g/mol. The Morgan fingerprint density at radius 3 is 1.10 bits per heavy atom. The molecule has 0 heteroatoms. The lowest BCUT2D eigenvalue weighted by atomic mass is 9.92. The minimum Gasteiger partial charge on any atom is -0.115 e. The van der Waals surface area contributed by atoms with E-state index in [2.05, 4.69) is 37.8 Å². The van der Waals surface area contributed by atoms with Crippen molar-refractivity contribution >= 4 is 0 Å². The molecule has 1 rings (SSSR count). The first-order valence-electron chi connectivity index (χ1n) is 12.9. The lowest BCUT2D eigenvalue weighted by Gasteiger charge is -2.13. The molecule has 1 aromatic rings. The maximum absolute atomic E-state index is 5.72. The van der Waals surface area contributed by atoms with E-state index >= 15 is 0 Å². The van der Waals surface area contributed by atoms with Crippen LogP contribution in [-0.4, -0.2) is 0 Å². The van der Waals surface area contributed by atoms with E-state index in [0.29, 0.717) is 0 Å². The van der Waals surface area contributed by atoms with Crippen LogP contribution in [0.25, 0.3) is 0 Å². The summed E-state index contributed by atoms with van der Waals surface area (Å²) in [5.41, 5.74) is 4.67. The Hall–Kier alpha value is -1.66. The fourth-order valence-corrected chi connectivity index (χ4v) is 4.29. The van der Waals surface area contributed by atoms with Crippen LogP contribution in [0, 0.1) is 24.7 Å². The largest absolute Gasteiger partial charge is 0.115 e. The molecular formula is C30H46. The molecule has 0 aliphatic heterocycles. The van der Waals surface area contributed by atoms with Crippen molar-refractivity contribution < 1.29 is 0 Å². The second kappa shape index (κ2) is 18.1. The van der Waals surface area contributed by atoms with Gasteiger partial charge in [-0.15, -0.1) is 12.8 Å². The van der Waals surface area contributed by atoms with Gasteiger partial charge in [-0.3, -0.25) is 0 Å². The van der Waals surface area contributed by atoms with Gasteiger partial charge in [-0.05, 0) is 48.9 Å². The van der Waals surface area contributed by atoms with Crippen LogP contribution < -0.4 is 0 Å². The molecule has 0 saturated heterocycles. The van der Waals surface area contributed by atoms with Crippen LogP contribution in [0.2, 0.25) is 0 Å². The highest BCUT2D eigenvalue weighted by Crippen LogP contribution is 2.22. The third-order valence-electron chi connectivity index (χ3n) is 6.25. The molecule has 0 radical (unpaired) electrons. The lowest BCUT2D eigenvalue weighted by molar-refractivity contribution is 0.570. The Labute approximate surface area is 188 Å². The SMILES string of the molecule is C#Cc1cc(CCCCCCCCCC)c(CCCCCCCCCC)cc1C#C. The van der Waals surface area contributed by atoms with Gasteiger partial charge in [-0.2, -0.15) is 0 Å². The predicted octanol–water partition coefficient (Wildman–Crippen LogP) is 9.02. The minimum atomic E-state index is 0.895. The van der Waals surface area contributed by atoms with E-state index in [4.69, 9.17) is 12.8 Å². The van der Waals surface area contributed by atoms with E-state index in [1.54, 1.807) is 0 Å². The first kappa shape index (κ1) is 26.4. The van der Waals surface area contributed by atoms with E-state index in [9.17, 15) is 0 Å². The van der Waals surface area contributed by atoms with Gasteiger partial charge in [-0.1, -0.05) is 116 Å². The van der Waals surface area contributed by atoms with Crippen molar-refractivity contribution in [3.8, 4) is 24.7 Å². The third kappa shape index (κ3) is 11.5. The molecule has 0 spiro atoms. The third-order valence-corrected chi connectivity index (χ3v) is 6.25. The predicted molar refractivity (Wildman–Crippen MR) is 135 cm³/mol. The Morgan fingerprint density at radius 2 is 0.800 bits per heavy atom. The maximum Gasteiger partial charge on any atom is 0.0402 e. The van der Waals surface area contributed by atoms with Crippen molar-refractivity contribution in [2.75, 3.05) is 0 Å². The number of hydrogen-bond donors (Lipinski definition) is 0. The molecule has 0 nitrogen and oxygen atoms in total. The molecule has 0 N–H and O–H groups in total. The second-order valence-electron chi connectivity index (χ2n) is 8.90. The number of rotatable bonds is 18. The molecule has 0 fully saturated rings. The summed E-state index contributed by atoms with van der Waals surface area (Å²) in [4.78, 5) is 0.